The predicted octanol–water partition coefficient (Wildman–Crippen LogP) is 1.38. The van der Waals surface area contributed by atoms with Gasteiger partial charge < -0.3 is 15.2 Å². The van der Waals surface area contributed by atoms with Crippen molar-refractivity contribution in [3.63, 3.8) is 0 Å². The summed E-state index contributed by atoms with van der Waals surface area (Å²) in [6.07, 6.45) is 0. The standard InChI is InChI=1S/C12H15NO4S/c1-8(12(16)13-7-11(14)15)18-10-6-4-3-5-9(10)17-2/h3-6,8H,7H2,1-2H3,(H,13,16)(H,14,15). The van der Waals surface area contributed by atoms with Crippen LogP contribution < -0.4 is 10.1 Å². The molecule has 0 fully saturated rings. The Balaban J connectivity index is 2.60. The summed E-state index contributed by atoms with van der Waals surface area (Å²) < 4.78 is 5.18. The number of benzene rings is 1. The monoisotopic (exact) mass is 269 g/mol. The van der Waals surface area contributed by atoms with E-state index in [4.69, 9.17) is 9.84 Å². The van der Waals surface area contributed by atoms with Gasteiger partial charge in [-0.25, -0.2) is 0 Å². The minimum Gasteiger partial charge on any atom is -0.496 e. The molecular formula is C12H15NO4S. The third kappa shape index (κ3) is 4.29. The molecule has 18 heavy (non-hydrogen) atoms. The van der Waals surface area contributed by atoms with Gasteiger partial charge in [-0.15, -0.1) is 11.8 Å². The van der Waals surface area contributed by atoms with E-state index < -0.39 is 5.97 Å². The zero-order chi connectivity index (χ0) is 13.5. The largest absolute Gasteiger partial charge is 0.496 e. The Morgan fingerprint density at radius 2 is 2.11 bits per heavy atom. The third-order valence-electron chi connectivity index (χ3n) is 2.16. The Bertz CT molecular complexity index is 436. The summed E-state index contributed by atoms with van der Waals surface area (Å²) in [6.45, 7) is 1.35. The van der Waals surface area contributed by atoms with E-state index >= 15 is 0 Å². The van der Waals surface area contributed by atoms with Crippen LogP contribution in [-0.4, -0.2) is 35.9 Å². The first-order chi connectivity index (χ1) is 8.54. The summed E-state index contributed by atoms with van der Waals surface area (Å²) in [5.74, 6) is -0.675. The van der Waals surface area contributed by atoms with Crippen LogP contribution in [0.1, 0.15) is 6.92 Å². The minimum atomic E-state index is -1.06. The Kier molecular flexibility index (Phi) is 5.51. The highest BCUT2D eigenvalue weighted by atomic mass is 32.2. The molecule has 0 bridgehead atoms. The van der Waals surface area contributed by atoms with E-state index in [0.717, 1.165) is 4.90 Å². The van der Waals surface area contributed by atoms with Gasteiger partial charge in [0.2, 0.25) is 5.91 Å². The maximum Gasteiger partial charge on any atom is 0.322 e. The van der Waals surface area contributed by atoms with Crippen LogP contribution in [0.4, 0.5) is 0 Å². The van der Waals surface area contributed by atoms with Crippen LogP contribution in [0.15, 0.2) is 29.2 Å². The highest BCUT2D eigenvalue weighted by Gasteiger charge is 2.16. The fraction of sp³-hybridized carbons (Fsp3) is 0.333. The van der Waals surface area contributed by atoms with Gasteiger partial charge in [0, 0.05) is 0 Å². The van der Waals surface area contributed by atoms with Gasteiger partial charge in [0.15, 0.2) is 0 Å². The molecule has 1 aromatic rings. The number of carboxylic acid groups (broad SMARTS) is 1. The zero-order valence-corrected chi connectivity index (χ0v) is 11.0. The lowest BCUT2D eigenvalue weighted by Gasteiger charge is -2.13. The molecule has 0 radical (unpaired) electrons. The van der Waals surface area contributed by atoms with Crippen LogP contribution in [0.3, 0.4) is 0 Å². The first kappa shape index (κ1) is 14.4. The number of amides is 1. The van der Waals surface area contributed by atoms with E-state index in [0.29, 0.717) is 5.75 Å². The second-order valence-corrected chi connectivity index (χ2v) is 4.91. The molecule has 0 saturated heterocycles. The molecule has 0 aliphatic rings. The van der Waals surface area contributed by atoms with E-state index in [9.17, 15) is 9.59 Å². The van der Waals surface area contributed by atoms with Gasteiger partial charge in [-0.2, -0.15) is 0 Å². The molecule has 0 aromatic heterocycles. The van der Waals surface area contributed by atoms with Crippen LogP contribution in [0.25, 0.3) is 0 Å². The number of carboxylic acids is 1. The number of nitrogens with one attached hydrogen (secondary N) is 1. The number of thioether (sulfide) groups is 1. The molecule has 0 heterocycles. The lowest BCUT2D eigenvalue weighted by atomic mass is 10.3. The number of hydrogen-bond acceptors (Lipinski definition) is 4. The predicted molar refractivity (Wildman–Crippen MR) is 69.0 cm³/mol. The van der Waals surface area contributed by atoms with Crippen LogP contribution in [0.5, 0.6) is 5.75 Å². The minimum absolute atomic E-state index is 0.312. The van der Waals surface area contributed by atoms with Crippen molar-refractivity contribution in [2.45, 2.75) is 17.1 Å². The number of methoxy groups -OCH3 is 1. The molecule has 0 spiro atoms. The average molecular weight is 269 g/mol. The van der Waals surface area contributed by atoms with Crippen LogP contribution >= 0.6 is 11.8 Å². The normalized spacial score (nSPS) is 11.7. The van der Waals surface area contributed by atoms with Gasteiger partial charge in [0.1, 0.15) is 12.3 Å². The van der Waals surface area contributed by atoms with Crippen molar-refractivity contribution in [1.82, 2.24) is 5.32 Å². The molecule has 6 heteroatoms. The average Bonchev–Trinajstić information content (AvgIpc) is 2.36. The van der Waals surface area contributed by atoms with Crippen LogP contribution in [0.2, 0.25) is 0 Å². The zero-order valence-electron chi connectivity index (χ0n) is 10.2. The number of para-hydroxylation sites is 1. The molecule has 1 rings (SSSR count). The van der Waals surface area contributed by atoms with Crippen molar-refractivity contribution < 1.29 is 19.4 Å². The van der Waals surface area contributed by atoms with Crippen molar-refractivity contribution in [2.75, 3.05) is 13.7 Å². The van der Waals surface area contributed by atoms with Crippen LogP contribution in [0, 0.1) is 0 Å². The number of carbonyl (C=O) groups excluding carboxylic acids is 1. The molecule has 1 unspecified atom stereocenters. The smallest absolute Gasteiger partial charge is 0.322 e. The van der Waals surface area contributed by atoms with E-state index in [1.165, 1.54) is 11.8 Å². The van der Waals surface area contributed by atoms with Crippen molar-refractivity contribution in [3.05, 3.63) is 24.3 Å². The summed E-state index contributed by atoms with van der Waals surface area (Å²) in [5, 5.41) is 10.4. The van der Waals surface area contributed by atoms with Gasteiger partial charge in [0.05, 0.1) is 17.3 Å². The highest BCUT2D eigenvalue weighted by molar-refractivity contribution is 8.00. The molecule has 0 aliphatic carbocycles. The van der Waals surface area contributed by atoms with E-state index in [1.807, 2.05) is 24.3 Å². The number of aliphatic carboxylic acids is 1. The molecule has 1 atom stereocenters. The summed E-state index contributed by atoms with van der Waals surface area (Å²) >= 11 is 1.32. The molecule has 1 amide bonds. The number of carbonyl (C=O) groups is 2. The summed E-state index contributed by atoms with van der Waals surface area (Å²) in [7, 11) is 1.56. The number of ether oxygens (including phenoxy) is 1. The summed E-state index contributed by atoms with van der Waals surface area (Å²) in [5.41, 5.74) is 0. The number of rotatable bonds is 6. The second kappa shape index (κ2) is 6.90. The molecule has 98 valence electrons. The Morgan fingerprint density at radius 1 is 1.44 bits per heavy atom. The Labute approximate surface area is 110 Å². The van der Waals surface area contributed by atoms with Gasteiger partial charge in [-0.05, 0) is 19.1 Å². The SMILES string of the molecule is COc1ccccc1SC(C)C(=O)NCC(=O)O. The summed E-state index contributed by atoms with van der Waals surface area (Å²) in [6, 6.07) is 7.36. The Morgan fingerprint density at radius 3 is 2.72 bits per heavy atom. The molecule has 2 N–H and O–H groups in total. The van der Waals surface area contributed by atoms with E-state index in [1.54, 1.807) is 14.0 Å². The summed E-state index contributed by atoms with van der Waals surface area (Å²) in [4.78, 5) is 22.8. The lowest BCUT2D eigenvalue weighted by Crippen LogP contribution is -2.34. The van der Waals surface area contributed by atoms with Crippen molar-refractivity contribution >= 4 is 23.6 Å². The fourth-order valence-corrected chi connectivity index (χ4v) is 2.26. The van der Waals surface area contributed by atoms with E-state index in [-0.39, 0.29) is 17.7 Å². The van der Waals surface area contributed by atoms with Crippen molar-refractivity contribution in [1.29, 1.82) is 0 Å². The molecule has 1 aromatic carbocycles. The number of hydrogen-bond donors (Lipinski definition) is 2. The molecular weight excluding hydrogens is 254 g/mol. The first-order valence-corrected chi connectivity index (χ1v) is 6.21. The van der Waals surface area contributed by atoms with Crippen LogP contribution in [-0.2, 0) is 9.59 Å². The first-order valence-electron chi connectivity index (χ1n) is 5.33. The Hall–Kier alpha value is -1.69. The molecule has 0 aliphatic heterocycles. The quantitative estimate of drug-likeness (QED) is 0.763. The van der Waals surface area contributed by atoms with Crippen molar-refractivity contribution in [2.24, 2.45) is 0 Å². The fourth-order valence-electron chi connectivity index (χ4n) is 1.27. The van der Waals surface area contributed by atoms with Gasteiger partial charge in [0.25, 0.3) is 0 Å². The van der Waals surface area contributed by atoms with Gasteiger partial charge >= 0.3 is 5.97 Å². The molecule has 0 saturated carbocycles. The van der Waals surface area contributed by atoms with Gasteiger partial charge in [-0.3, -0.25) is 9.59 Å². The second-order valence-electron chi connectivity index (χ2n) is 3.52. The molecule has 5 nitrogen and oxygen atoms in total. The highest BCUT2D eigenvalue weighted by Crippen LogP contribution is 2.31. The topological polar surface area (TPSA) is 75.6 Å². The van der Waals surface area contributed by atoms with E-state index in [2.05, 4.69) is 5.32 Å². The van der Waals surface area contributed by atoms with Gasteiger partial charge in [-0.1, -0.05) is 12.1 Å². The van der Waals surface area contributed by atoms with Crippen molar-refractivity contribution in [3.8, 4) is 5.75 Å². The maximum absolute atomic E-state index is 11.6. The lowest BCUT2D eigenvalue weighted by molar-refractivity contribution is -0.137. The third-order valence-corrected chi connectivity index (χ3v) is 3.31. The maximum atomic E-state index is 11.6.